The minimum atomic E-state index is -1.01. The van der Waals surface area contributed by atoms with Crippen molar-refractivity contribution >= 4 is 18.2 Å². The van der Waals surface area contributed by atoms with Gasteiger partial charge in [-0.05, 0) is 42.4 Å². The molecule has 1 unspecified atom stereocenters. The fourth-order valence-corrected chi connectivity index (χ4v) is 3.23. The van der Waals surface area contributed by atoms with E-state index >= 15 is 0 Å². The van der Waals surface area contributed by atoms with Crippen molar-refractivity contribution in [3.05, 3.63) is 65.7 Å². The Morgan fingerprint density at radius 1 is 1.16 bits per heavy atom. The van der Waals surface area contributed by atoms with Gasteiger partial charge in [-0.25, -0.2) is 0 Å². The predicted molar refractivity (Wildman–Crippen MR) is 122 cm³/mol. The number of fused-ring (bicyclic) bond motifs is 1. The van der Waals surface area contributed by atoms with Crippen molar-refractivity contribution in [2.24, 2.45) is 11.7 Å². The number of carboxylic acids is 1. The average molecular weight is 440 g/mol. The highest BCUT2D eigenvalue weighted by Gasteiger charge is 2.21. The molecular weight excluding hydrogens is 408 g/mol. The third-order valence-corrected chi connectivity index (χ3v) is 5.19. The summed E-state index contributed by atoms with van der Waals surface area (Å²) in [6.45, 7) is 3.53. The fraction of sp³-hybridized carbons (Fsp3) is 0.400. The highest BCUT2D eigenvalue weighted by atomic mass is 16.5. The molecule has 3 rings (SSSR count). The zero-order valence-corrected chi connectivity index (χ0v) is 18.5. The Morgan fingerprint density at radius 3 is 2.44 bits per heavy atom. The molecule has 1 aliphatic rings. The smallest absolute Gasteiger partial charge is 0.303 e. The molecule has 0 bridgehead atoms. The summed E-state index contributed by atoms with van der Waals surface area (Å²) in [6, 6.07) is 17.2. The van der Waals surface area contributed by atoms with Crippen LogP contribution < -0.4 is 15.8 Å². The molecule has 0 aliphatic carbocycles. The number of carboxylic acid groups (broad SMARTS) is 1. The number of rotatable bonds is 8. The van der Waals surface area contributed by atoms with Crippen LogP contribution in [0.3, 0.4) is 0 Å². The first-order valence-corrected chi connectivity index (χ1v) is 10.8. The first-order valence-electron chi connectivity index (χ1n) is 10.8. The van der Waals surface area contributed by atoms with Gasteiger partial charge >= 0.3 is 5.97 Å². The number of ether oxygens (including phenoxy) is 1. The molecule has 3 atom stereocenters. The highest BCUT2D eigenvalue weighted by molar-refractivity contribution is 5.84. The maximum atomic E-state index is 11.4. The lowest BCUT2D eigenvalue weighted by Gasteiger charge is -2.26. The number of hydrogen-bond donors (Lipinski definition) is 3. The number of aliphatic carboxylic acids is 1. The van der Waals surface area contributed by atoms with Crippen LogP contribution in [0, 0.1) is 5.92 Å². The molecule has 7 nitrogen and oxygen atoms in total. The second kappa shape index (κ2) is 12.6. The number of nitrogens with one attached hydrogen (secondary N) is 1. The molecule has 0 spiro atoms. The number of amides is 1. The van der Waals surface area contributed by atoms with E-state index in [0.29, 0.717) is 0 Å². The maximum Gasteiger partial charge on any atom is 0.303 e. The van der Waals surface area contributed by atoms with Gasteiger partial charge in [-0.2, -0.15) is 0 Å². The topological polar surface area (TPSA) is 119 Å². The molecule has 1 radical (unpaired) electrons. The molecule has 1 amide bonds. The fourth-order valence-electron chi connectivity index (χ4n) is 3.23. The number of para-hydroxylation sites is 1. The van der Waals surface area contributed by atoms with Crippen molar-refractivity contribution in [1.29, 1.82) is 0 Å². The molecule has 32 heavy (non-hydrogen) atoms. The summed E-state index contributed by atoms with van der Waals surface area (Å²) >= 11 is 0. The lowest BCUT2D eigenvalue weighted by atomic mass is 9.98. The van der Waals surface area contributed by atoms with E-state index in [-0.39, 0.29) is 24.9 Å². The molecule has 1 heterocycles. The van der Waals surface area contributed by atoms with Gasteiger partial charge in [-0.15, -0.1) is 0 Å². The van der Waals surface area contributed by atoms with E-state index in [1.807, 2.05) is 12.1 Å². The number of carbonyl (C=O) groups is 2. The molecule has 2 aromatic rings. The summed E-state index contributed by atoms with van der Waals surface area (Å²) < 4.78 is 6.02. The largest absolute Gasteiger partial charge is 0.485 e. The monoisotopic (exact) mass is 439 g/mol. The van der Waals surface area contributed by atoms with E-state index in [2.05, 4.69) is 47.8 Å². The van der Waals surface area contributed by atoms with Crippen LogP contribution in [-0.4, -0.2) is 35.4 Å². The normalized spacial score (nSPS) is 16.4. The standard InChI is InChI=1S/C15H14O.C10H17N2O4/c1-2-6-12(7-3-1)15-11-10-13-8-4-5-9-14(13)16-15;1-6(2)8(5-13)12-10(16)7(11)3-4-9(14)15/h1-9,15H,10-11H2;6-8H,3-4,11H2,1-2H3,(H,12,16)(H,14,15)/t;7-,8+/m.0/s1. The lowest BCUT2D eigenvalue weighted by molar-refractivity contribution is -0.137. The van der Waals surface area contributed by atoms with Crippen LogP contribution in [0.4, 0.5) is 0 Å². The molecule has 2 aromatic carbocycles. The lowest BCUT2D eigenvalue weighted by Crippen LogP contribution is -2.48. The Morgan fingerprint density at radius 2 is 1.81 bits per heavy atom. The van der Waals surface area contributed by atoms with Crippen LogP contribution in [0.1, 0.15) is 50.3 Å². The van der Waals surface area contributed by atoms with E-state index in [1.54, 1.807) is 20.1 Å². The van der Waals surface area contributed by atoms with Gasteiger partial charge in [0.2, 0.25) is 12.2 Å². The molecule has 7 heteroatoms. The third-order valence-electron chi connectivity index (χ3n) is 5.19. The molecule has 0 aromatic heterocycles. The third kappa shape index (κ3) is 7.81. The van der Waals surface area contributed by atoms with Crippen LogP contribution in [0.2, 0.25) is 0 Å². The summed E-state index contributed by atoms with van der Waals surface area (Å²) in [7, 11) is 0. The zero-order chi connectivity index (χ0) is 23.5. The minimum absolute atomic E-state index is 0.0465. The molecule has 171 valence electrons. The van der Waals surface area contributed by atoms with Crippen LogP contribution in [-0.2, 0) is 20.8 Å². The number of aryl methyl sites for hydroxylation is 1. The molecule has 0 saturated heterocycles. The van der Waals surface area contributed by atoms with Gasteiger partial charge in [-0.3, -0.25) is 14.4 Å². The SMILES string of the molecule is CC(C)[C@@H]([C]=O)NC(=O)[C@@H](N)CCC(=O)O.c1ccc(C2CCc3ccccc3O2)cc1. The highest BCUT2D eigenvalue weighted by Crippen LogP contribution is 2.34. The molecular formula is C25H31N2O5. The van der Waals surface area contributed by atoms with Crippen LogP contribution >= 0.6 is 0 Å². The van der Waals surface area contributed by atoms with E-state index < -0.39 is 24.0 Å². The second-order valence-corrected chi connectivity index (χ2v) is 8.05. The average Bonchev–Trinajstić information content (AvgIpc) is 2.81. The number of carbonyl (C=O) groups excluding carboxylic acids is 2. The minimum Gasteiger partial charge on any atom is -0.485 e. The molecule has 1 aliphatic heterocycles. The molecule has 0 fully saturated rings. The number of benzene rings is 2. The Kier molecular flexibility index (Phi) is 9.88. The Balaban J connectivity index is 0.000000227. The van der Waals surface area contributed by atoms with Crippen molar-refractivity contribution in [2.45, 2.75) is 57.7 Å². The maximum absolute atomic E-state index is 11.4. The van der Waals surface area contributed by atoms with Gasteiger partial charge in [-0.1, -0.05) is 62.4 Å². The Bertz CT molecular complexity index is 885. The van der Waals surface area contributed by atoms with E-state index in [9.17, 15) is 14.4 Å². The Labute approximate surface area is 189 Å². The van der Waals surface area contributed by atoms with Gasteiger partial charge in [0, 0.05) is 6.42 Å². The van der Waals surface area contributed by atoms with E-state index in [0.717, 1.165) is 18.6 Å². The van der Waals surface area contributed by atoms with Crippen LogP contribution in [0.15, 0.2) is 54.6 Å². The second-order valence-electron chi connectivity index (χ2n) is 8.05. The van der Waals surface area contributed by atoms with E-state index in [1.165, 1.54) is 11.1 Å². The number of nitrogens with two attached hydrogens (primary N) is 1. The summed E-state index contributed by atoms with van der Waals surface area (Å²) in [5.74, 6) is -0.565. The summed E-state index contributed by atoms with van der Waals surface area (Å²) in [5.41, 5.74) is 8.07. The zero-order valence-electron chi connectivity index (χ0n) is 18.5. The first kappa shape index (κ1) is 25.1. The number of hydrogen-bond acceptors (Lipinski definition) is 5. The van der Waals surface area contributed by atoms with Crippen LogP contribution in [0.25, 0.3) is 0 Å². The van der Waals surface area contributed by atoms with Gasteiger partial charge in [0.25, 0.3) is 0 Å². The quantitative estimate of drug-likeness (QED) is 0.581. The van der Waals surface area contributed by atoms with Crippen LogP contribution in [0.5, 0.6) is 5.75 Å². The van der Waals surface area contributed by atoms with Crippen molar-refractivity contribution in [1.82, 2.24) is 5.32 Å². The van der Waals surface area contributed by atoms with Gasteiger partial charge < -0.3 is 20.9 Å². The van der Waals surface area contributed by atoms with Crippen molar-refractivity contribution in [2.75, 3.05) is 0 Å². The van der Waals surface area contributed by atoms with Gasteiger partial charge in [0.15, 0.2) is 0 Å². The summed E-state index contributed by atoms with van der Waals surface area (Å²) in [4.78, 5) is 32.2. The summed E-state index contributed by atoms with van der Waals surface area (Å²) in [5, 5.41) is 10.8. The molecule has 0 saturated carbocycles. The first-order chi connectivity index (χ1) is 15.3. The van der Waals surface area contributed by atoms with Crippen molar-refractivity contribution in [3.8, 4) is 5.75 Å². The Hall–Kier alpha value is -3.19. The molecule has 4 N–H and O–H groups in total. The summed E-state index contributed by atoms with van der Waals surface area (Å²) in [6.07, 6.45) is 3.97. The van der Waals surface area contributed by atoms with Crippen molar-refractivity contribution in [3.63, 3.8) is 0 Å². The van der Waals surface area contributed by atoms with Gasteiger partial charge in [0.1, 0.15) is 11.9 Å². The van der Waals surface area contributed by atoms with Crippen molar-refractivity contribution < 1.29 is 24.2 Å². The van der Waals surface area contributed by atoms with Gasteiger partial charge in [0.05, 0.1) is 12.1 Å². The van der Waals surface area contributed by atoms with E-state index in [4.69, 9.17) is 15.6 Å². The predicted octanol–water partition coefficient (Wildman–Crippen LogP) is 3.18.